The lowest BCUT2D eigenvalue weighted by molar-refractivity contribution is -0.140. The molecule has 1 aromatic carbocycles. The molecule has 1 saturated heterocycles. The van der Waals surface area contributed by atoms with Crippen LogP contribution in [0.15, 0.2) is 54.4 Å². The van der Waals surface area contributed by atoms with E-state index in [1.807, 2.05) is 13.8 Å². The number of nitrogens with zero attached hydrogens (tertiary/aromatic N) is 2. The number of amides is 1. The van der Waals surface area contributed by atoms with Gasteiger partial charge < -0.3 is 14.7 Å². The Morgan fingerprint density at radius 3 is 2.54 bits per heavy atom. The lowest BCUT2D eigenvalue weighted by atomic mass is 9.95. The quantitative estimate of drug-likeness (QED) is 0.470. The van der Waals surface area contributed by atoms with E-state index in [0.29, 0.717) is 5.56 Å². The van der Waals surface area contributed by atoms with Crippen molar-refractivity contribution in [2.75, 3.05) is 13.2 Å². The van der Waals surface area contributed by atoms with Crippen LogP contribution in [-0.2, 0) is 14.3 Å². The monoisotopic (exact) mass is 384 g/mol. The molecule has 0 aliphatic carbocycles. The number of likely N-dealkylation sites (tertiary alicyclic amines) is 1. The van der Waals surface area contributed by atoms with Crippen LogP contribution in [0.25, 0.3) is 5.76 Å². The molecule has 0 saturated carbocycles. The molecule has 1 N–H and O–H groups in total. The van der Waals surface area contributed by atoms with Gasteiger partial charge in [0.05, 0.1) is 24.3 Å². The van der Waals surface area contributed by atoms with Gasteiger partial charge in [0, 0.05) is 30.1 Å². The van der Waals surface area contributed by atoms with Crippen LogP contribution in [0.2, 0.25) is 0 Å². The third-order valence-corrected chi connectivity index (χ3v) is 4.48. The number of carbonyl (C=O) groups is 2. The first-order chi connectivity index (χ1) is 13.4. The highest BCUT2D eigenvalue weighted by molar-refractivity contribution is 6.46. The van der Waals surface area contributed by atoms with Gasteiger partial charge in [0.15, 0.2) is 0 Å². The van der Waals surface area contributed by atoms with Gasteiger partial charge in [0.1, 0.15) is 11.6 Å². The van der Waals surface area contributed by atoms with E-state index >= 15 is 0 Å². The number of aliphatic hydroxyl groups excluding tert-OH is 1. The van der Waals surface area contributed by atoms with Gasteiger partial charge in [-0.2, -0.15) is 0 Å². The molecule has 28 heavy (non-hydrogen) atoms. The van der Waals surface area contributed by atoms with E-state index < -0.39 is 23.5 Å². The van der Waals surface area contributed by atoms with Gasteiger partial charge in [-0.05, 0) is 32.0 Å². The van der Waals surface area contributed by atoms with Crippen LogP contribution in [0.1, 0.15) is 31.0 Å². The molecule has 6 nitrogen and oxygen atoms in total. The predicted octanol–water partition coefficient (Wildman–Crippen LogP) is 3.07. The Hall–Kier alpha value is -3.06. The SMILES string of the molecule is CC(C)OCCN1C(=O)C(=O)/C(=C(\O)c2ccncc2)C1c1ccccc1F. The summed E-state index contributed by atoms with van der Waals surface area (Å²) in [6.45, 7) is 3.98. The smallest absolute Gasteiger partial charge is 0.295 e. The van der Waals surface area contributed by atoms with Crippen molar-refractivity contribution in [3.63, 3.8) is 0 Å². The van der Waals surface area contributed by atoms with E-state index in [2.05, 4.69) is 4.98 Å². The standard InChI is InChI=1S/C21H21FN2O4/c1-13(2)28-12-11-24-18(15-5-3-4-6-16(15)22)17(20(26)21(24)27)19(25)14-7-9-23-10-8-14/h3-10,13,18,25H,11-12H2,1-2H3/b19-17-. The van der Waals surface area contributed by atoms with Crippen molar-refractivity contribution in [2.45, 2.75) is 26.0 Å². The van der Waals surface area contributed by atoms with Crippen LogP contribution in [0.4, 0.5) is 4.39 Å². The van der Waals surface area contributed by atoms with Crippen molar-refractivity contribution in [3.05, 3.63) is 71.3 Å². The predicted molar refractivity (Wildman–Crippen MR) is 101 cm³/mol. The first kappa shape index (κ1) is 19.7. The third-order valence-electron chi connectivity index (χ3n) is 4.48. The van der Waals surface area contributed by atoms with Crippen molar-refractivity contribution in [3.8, 4) is 0 Å². The third kappa shape index (κ3) is 3.80. The maximum absolute atomic E-state index is 14.6. The Morgan fingerprint density at radius 1 is 1.21 bits per heavy atom. The molecule has 1 amide bonds. The van der Waals surface area contributed by atoms with Crippen molar-refractivity contribution < 1.29 is 23.8 Å². The first-order valence-electron chi connectivity index (χ1n) is 8.96. The van der Waals surface area contributed by atoms with E-state index in [4.69, 9.17) is 4.74 Å². The molecule has 0 radical (unpaired) electrons. The molecule has 1 aromatic heterocycles. The molecule has 0 spiro atoms. The fraction of sp³-hybridized carbons (Fsp3) is 0.286. The van der Waals surface area contributed by atoms with Gasteiger partial charge in [0.25, 0.3) is 11.7 Å². The molecule has 2 aromatic rings. The summed E-state index contributed by atoms with van der Waals surface area (Å²) < 4.78 is 20.1. The van der Waals surface area contributed by atoms with Gasteiger partial charge >= 0.3 is 0 Å². The van der Waals surface area contributed by atoms with Crippen LogP contribution >= 0.6 is 0 Å². The van der Waals surface area contributed by atoms with Crippen molar-refractivity contribution in [2.24, 2.45) is 0 Å². The second-order valence-corrected chi connectivity index (χ2v) is 6.67. The zero-order valence-corrected chi connectivity index (χ0v) is 15.6. The molecular formula is C21H21FN2O4. The number of Topliss-reactive ketones (excluding diaryl/α,β-unsaturated/α-hetero) is 1. The molecule has 0 bridgehead atoms. The number of rotatable bonds is 6. The number of ether oxygens (including phenoxy) is 1. The number of aromatic nitrogens is 1. The summed E-state index contributed by atoms with van der Waals surface area (Å²) in [5.74, 6) is -2.57. The van der Waals surface area contributed by atoms with Crippen molar-refractivity contribution in [1.29, 1.82) is 0 Å². The fourth-order valence-corrected chi connectivity index (χ4v) is 3.18. The molecule has 146 valence electrons. The van der Waals surface area contributed by atoms with Crippen molar-refractivity contribution in [1.82, 2.24) is 9.88 Å². The Kier molecular flexibility index (Phi) is 5.84. The molecule has 1 aliphatic heterocycles. The Labute approximate surface area is 162 Å². The summed E-state index contributed by atoms with van der Waals surface area (Å²) in [7, 11) is 0. The lowest BCUT2D eigenvalue weighted by Crippen LogP contribution is -2.33. The minimum atomic E-state index is -1.04. The topological polar surface area (TPSA) is 79.7 Å². The van der Waals surface area contributed by atoms with Crippen LogP contribution in [0.5, 0.6) is 0 Å². The highest BCUT2D eigenvalue weighted by atomic mass is 19.1. The lowest BCUT2D eigenvalue weighted by Gasteiger charge is -2.26. The Bertz CT molecular complexity index is 912. The number of ketones is 1. The van der Waals surface area contributed by atoms with Crippen LogP contribution < -0.4 is 0 Å². The van der Waals surface area contributed by atoms with Gasteiger partial charge in [-0.3, -0.25) is 14.6 Å². The summed E-state index contributed by atoms with van der Waals surface area (Å²) in [5, 5.41) is 10.8. The van der Waals surface area contributed by atoms with E-state index in [9.17, 15) is 19.1 Å². The van der Waals surface area contributed by atoms with E-state index in [-0.39, 0.29) is 36.2 Å². The number of hydrogen-bond donors (Lipinski definition) is 1. The average molecular weight is 384 g/mol. The maximum Gasteiger partial charge on any atom is 0.295 e. The summed E-state index contributed by atoms with van der Waals surface area (Å²) >= 11 is 0. The summed E-state index contributed by atoms with van der Waals surface area (Å²) in [6.07, 6.45) is 2.86. The second-order valence-electron chi connectivity index (χ2n) is 6.67. The number of carbonyl (C=O) groups excluding carboxylic acids is 2. The number of halogens is 1. The van der Waals surface area contributed by atoms with E-state index in [0.717, 1.165) is 0 Å². The van der Waals surface area contributed by atoms with E-state index in [1.165, 1.54) is 47.6 Å². The fourth-order valence-electron chi connectivity index (χ4n) is 3.18. The largest absolute Gasteiger partial charge is 0.507 e. The molecule has 3 rings (SSSR count). The first-order valence-corrected chi connectivity index (χ1v) is 8.96. The van der Waals surface area contributed by atoms with Crippen LogP contribution in [0.3, 0.4) is 0 Å². The summed E-state index contributed by atoms with van der Waals surface area (Å²) in [4.78, 5) is 30.5. The van der Waals surface area contributed by atoms with Gasteiger partial charge in [-0.15, -0.1) is 0 Å². The maximum atomic E-state index is 14.6. The number of pyridine rings is 1. The summed E-state index contributed by atoms with van der Waals surface area (Å²) in [5.41, 5.74) is 0.320. The molecule has 1 unspecified atom stereocenters. The number of hydrogen-bond acceptors (Lipinski definition) is 5. The molecule has 2 heterocycles. The molecule has 1 aliphatic rings. The van der Waals surface area contributed by atoms with Gasteiger partial charge in [0.2, 0.25) is 0 Å². The minimum absolute atomic E-state index is 0.0550. The van der Waals surface area contributed by atoms with Gasteiger partial charge in [-0.25, -0.2) is 4.39 Å². The molecular weight excluding hydrogens is 363 g/mol. The molecule has 7 heteroatoms. The average Bonchev–Trinajstić information content (AvgIpc) is 2.93. The zero-order chi connectivity index (χ0) is 20.3. The summed E-state index contributed by atoms with van der Waals surface area (Å²) in [6, 6.07) is 7.90. The zero-order valence-electron chi connectivity index (χ0n) is 15.6. The van der Waals surface area contributed by atoms with Crippen LogP contribution in [-0.4, -0.2) is 45.9 Å². The number of benzene rings is 1. The molecule has 1 fully saturated rings. The Balaban J connectivity index is 2.10. The second kappa shape index (κ2) is 8.31. The van der Waals surface area contributed by atoms with Gasteiger partial charge in [-0.1, -0.05) is 18.2 Å². The Morgan fingerprint density at radius 2 is 1.89 bits per heavy atom. The highest BCUT2D eigenvalue weighted by Gasteiger charge is 2.46. The molecule has 1 atom stereocenters. The number of aliphatic hydroxyl groups is 1. The van der Waals surface area contributed by atoms with E-state index in [1.54, 1.807) is 6.07 Å². The van der Waals surface area contributed by atoms with Crippen molar-refractivity contribution >= 4 is 17.4 Å². The highest BCUT2D eigenvalue weighted by Crippen LogP contribution is 2.39. The van der Waals surface area contributed by atoms with Crippen LogP contribution in [0, 0.1) is 5.82 Å². The minimum Gasteiger partial charge on any atom is -0.507 e. The normalized spacial score (nSPS) is 18.9.